The fraction of sp³-hybridized carbons (Fsp3) is 0.720. The number of Topliss-reactive ketones (excluding diaryl/α,β-unsaturated/α-hetero) is 3. The van der Waals surface area contributed by atoms with Gasteiger partial charge in [0, 0.05) is 95.8 Å². The molecular formula is C82H121BN4NaO14. The number of amides is 1. The SMILES string of the molecule is CC(=O)OC(C)=O.CC1=C2C[C@H]3[C@@H](CC[C@@H]4CC(=O)CC[C@@]43C)[C@@H]2CC[C@@]2(C1)O[C@@H]1C[C@H](C)CN(CCNC(=O)OCc3ccccc3)[C@H]1[C@H]2C.CC1=C2C[C@H]3[C@@H](CC[C@@H]4CC(=O)CC[C@@]43C)[C@@H]2CC[C@@]2(C1)O[C@@H]1C[C@H](C)CN[C@H]1[C@H]2C.COCNCC(=O)c1ccccc1.C[C-]=O.O.[B]=O.[Na+]. The second kappa shape index (κ2) is 37.9. The Hall–Kier alpha value is -4.41. The van der Waals surface area contributed by atoms with Crippen molar-refractivity contribution in [2.24, 2.45) is 81.8 Å². The Bertz CT molecular complexity index is 3220. The molecule has 14 rings (SSSR count). The van der Waals surface area contributed by atoms with E-state index in [0.29, 0.717) is 103 Å². The molecule has 10 fully saturated rings. The molecule has 4 aliphatic heterocycles. The number of benzene rings is 2. The Balaban J connectivity index is 0.000000217. The molecule has 2 spiro atoms. The summed E-state index contributed by atoms with van der Waals surface area (Å²) in [7, 11) is 4.83. The number of fused-ring (bicyclic) bond motifs is 12. The number of rotatable bonds is 10. The largest absolute Gasteiger partial charge is 1.00 e. The van der Waals surface area contributed by atoms with Crippen molar-refractivity contribution in [3.05, 3.63) is 94.1 Å². The number of likely N-dealkylation sites (tertiary alicyclic amines) is 1. The summed E-state index contributed by atoms with van der Waals surface area (Å²) < 4.78 is 36.2. The van der Waals surface area contributed by atoms with Crippen LogP contribution in [0.1, 0.15) is 220 Å². The second-order valence-corrected chi connectivity index (χ2v) is 32.8. The molecular weight excluding hydrogens is 1300 g/mol. The molecule has 0 unspecified atom stereocenters. The summed E-state index contributed by atoms with van der Waals surface area (Å²) in [4.78, 5) is 79.3. The molecule has 12 aliphatic rings. The first-order valence-electron chi connectivity index (χ1n) is 38.0. The van der Waals surface area contributed by atoms with Crippen LogP contribution in [0, 0.1) is 81.8 Å². The zero-order valence-corrected chi connectivity index (χ0v) is 65.9. The molecule has 0 aromatic heterocycles. The number of methoxy groups -OCH3 is 1. The van der Waals surface area contributed by atoms with Crippen LogP contribution in [0.5, 0.6) is 0 Å². The topological polar surface area (TPSA) is 254 Å². The van der Waals surface area contributed by atoms with E-state index in [9.17, 15) is 28.8 Å². The van der Waals surface area contributed by atoms with Crippen molar-refractivity contribution in [1.29, 1.82) is 0 Å². The van der Waals surface area contributed by atoms with E-state index in [2.05, 4.69) is 88.7 Å². The van der Waals surface area contributed by atoms with Crippen LogP contribution in [0.4, 0.5) is 4.79 Å². The van der Waals surface area contributed by atoms with E-state index in [1.54, 1.807) is 36.0 Å². The van der Waals surface area contributed by atoms with E-state index < -0.39 is 11.9 Å². The zero-order valence-electron chi connectivity index (χ0n) is 63.9. The van der Waals surface area contributed by atoms with E-state index in [1.165, 1.54) is 91.3 Å². The Labute approximate surface area is 632 Å². The smallest absolute Gasteiger partial charge is 1.00 e. The van der Waals surface area contributed by atoms with Gasteiger partial charge in [0.1, 0.15) is 18.2 Å². The molecule has 4 saturated heterocycles. The number of nitrogens with zero attached hydrogens (tertiary/aromatic N) is 1. The third-order valence-corrected chi connectivity index (χ3v) is 26.9. The molecule has 1 radical (unpaired) electrons. The summed E-state index contributed by atoms with van der Waals surface area (Å²) in [6.07, 6.45) is 24.7. The third kappa shape index (κ3) is 19.3. The standard InChI is InChI=1S/C38H54N2O4.C28H43NO2.C10H13NO2.C4H6O3.C2H3O.BO.Na.H2O/c1-24-18-34-35(40(22-24)17-16-39-36(42)43-23-27-8-6-5-7-9-27)26(3)38(44-34)15-13-30-31-11-10-28-19-29(41)12-14-37(28,4)33(31)20-32(30)25(2)21-38;1-16-11-25-26(29-15-16)18(3)28(31-25)10-8-21-22-6-5-19-12-20(30)7-9-27(19,4)24(22)13-23(21)17(2)14-28;1-13-8-11-7-10(12)9-5-3-2-4-6-9;1-3(5)7-4(2)6;1-2-3;1-2;;/h5-9,24,26,28,30-31,33-35H,10-23H2,1-4H3,(H,39,42);16,18-19,21-22,24-26,29H,5-15H2,1-4H3;2-6,11H,7-8H2,1H3;1-2H3;1H3;;;1H2/q;;;;-1;;+1;/t24-,26+,28+,30-,31-,33-,34+,35-,37-,38-;16-,18+,19+,21-,22-,24-,25+,26-,27-,28-;;;;;;/m00....../s1. The molecule has 18 nitrogen and oxygen atoms in total. The first-order chi connectivity index (χ1) is 47.9. The number of carbonyl (C=O) groups is 6. The Morgan fingerprint density at radius 2 is 1.20 bits per heavy atom. The van der Waals surface area contributed by atoms with Gasteiger partial charge in [0.25, 0.3) is 0 Å². The first kappa shape index (κ1) is 84.9. The monoisotopic (exact) mass is 1420 g/mol. The number of allylic oxidation sites excluding steroid dienone is 2. The van der Waals surface area contributed by atoms with E-state index in [-0.39, 0.29) is 64.2 Å². The molecule has 1 amide bonds. The van der Waals surface area contributed by atoms with Gasteiger partial charge in [-0.05, 0) is 199 Å². The maximum atomic E-state index is 12.4. The predicted molar refractivity (Wildman–Crippen MR) is 390 cm³/mol. The summed E-state index contributed by atoms with van der Waals surface area (Å²) in [5, 5.41) is 9.72. The number of esters is 2. The first-order valence-corrected chi connectivity index (χ1v) is 38.0. The van der Waals surface area contributed by atoms with Gasteiger partial charge in [-0.25, -0.2) is 4.79 Å². The van der Waals surface area contributed by atoms with E-state index in [1.807, 2.05) is 54.1 Å². The summed E-state index contributed by atoms with van der Waals surface area (Å²) in [5.41, 5.74) is 9.31. The van der Waals surface area contributed by atoms with Crippen molar-refractivity contribution in [3.8, 4) is 0 Å². The van der Waals surface area contributed by atoms with Crippen LogP contribution in [-0.4, -0.2) is 142 Å². The predicted octanol–water partition coefficient (Wildman–Crippen LogP) is 9.95. The maximum absolute atomic E-state index is 12.4. The van der Waals surface area contributed by atoms with Gasteiger partial charge in [0.05, 0.1) is 36.7 Å². The average molecular weight is 1420 g/mol. The van der Waals surface area contributed by atoms with Crippen LogP contribution < -0.4 is 45.5 Å². The van der Waals surface area contributed by atoms with Crippen LogP contribution in [0.25, 0.3) is 0 Å². The van der Waals surface area contributed by atoms with Gasteiger partial charge in [0.15, 0.2) is 5.78 Å². The van der Waals surface area contributed by atoms with Gasteiger partial charge < -0.3 is 44.6 Å². The van der Waals surface area contributed by atoms with Gasteiger partial charge >= 0.3 is 60.0 Å². The normalized spacial score (nSPS) is 36.5. The summed E-state index contributed by atoms with van der Waals surface area (Å²) in [6.45, 7) is 27.9. The van der Waals surface area contributed by atoms with Crippen molar-refractivity contribution in [2.45, 2.75) is 247 Å². The Morgan fingerprint density at radius 3 is 1.71 bits per heavy atom. The van der Waals surface area contributed by atoms with Gasteiger partial charge in [-0.3, -0.25) is 40.5 Å². The van der Waals surface area contributed by atoms with Gasteiger partial charge in [-0.2, -0.15) is 6.92 Å². The van der Waals surface area contributed by atoms with Gasteiger partial charge in [0.2, 0.25) is 0 Å². The van der Waals surface area contributed by atoms with Crippen LogP contribution in [0.2, 0.25) is 0 Å². The molecule has 2 aromatic rings. The fourth-order valence-corrected chi connectivity index (χ4v) is 22.1. The van der Waals surface area contributed by atoms with Crippen LogP contribution in [0.15, 0.2) is 83.0 Å². The molecule has 0 bridgehead atoms. The molecule has 5 N–H and O–H groups in total. The molecule has 20 heteroatoms. The van der Waals surface area contributed by atoms with Gasteiger partial charge in [-0.15, -0.1) is 0 Å². The zero-order chi connectivity index (χ0) is 72.3. The third-order valence-electron chi connectivity index (χ3n) is 26.9. The van der Waals surface area contributed by atoms with Crippen molar-refractivity contribution < 1.29 is 97.0 Å². The molecule has 8 aliphatic carbocycles. The van der Waals surface area contributed by atoms with Crippen LogP contribution in [-0.2, 0) is 59.0 Å². The summed E-state index contributed by atoms with van der Waals surface area (Å²) in [5.74, 6) is 8.31. The van der Waals surface area contributed by atoms with E-state index in [0.717, 1.165) is 130 Å². The van der Waals surface area contributed by atoms with Crippen LogP contribution >= 0.6 is 0 Å². The minimum atomic E-state index is -0.562. The molecule has 557 valence electrons. The van der Waals surface area contributed by atoms with Crippen LogP contribution in [0.3, 0.4) is 0 Å². The number of alkyl carbamates (subject to hydrolysis) is 1. The molecule has 6 saturated carbocycles. The number of carbonyl (C=O) groups excluding carboxylic acids is 7. The van der Waals surface area contributed by atoms with Crippen molar-refractivity contribution >= 4 is 49.4 Å². The minimum absolute atomic E-state index is 0. The van der Waals surface area contributed by atoms with E-state index in [4.69, 9.17) is 28.4 Å². The Morgan fingerprint density at radius 1 is 0.696 bits per heavy atom. The Kier molecular flexibility index (Phi) is 31.5. The summed E-state index contributed by atoms with van der Waals surface area (Å²) >= 11 is 0. The molecule has 20 atom stereocenters. The number of hydrogen-bond donors (Lipinski definition) is 3. The number of nitrogens with one attached hydrogen (secondary N) is 3. The van der Waals surface area contributed by atoms with E-state index >= 15 is 0 Å². The second-order valence-electron chi connectivity index (χ2n) is 32.8. The minimum Gasteiger partial charge on any atom is 1.00 e. The fourth-order valence-electron chi connectivity index (χ4n) is 22.1. The molecule has 4 heterocycles. The summed E-state index contributed by atoms with van der Waals surface area (Å²) in [6, 6.07) is 20.0. The van der Waals surface area contributed by atoms with Gasteiger partial charge in [-0.1, -0.05) is 124 Å². The molecule has 102 heavy (non-hydrogen) atoms. The van der Waals surface area contributed by atoms with Crippen molar-refractivity contribution in [1.82, 2.24) is 20.9 Å². The van der Waals surface area contributed by atoms with Crippen molar-refractivity contribution in [3.63, 3.8) is 0 Å². The average Bonchev–Trinajstić information content (AvgIpc) is 1.61. The quantitative estimate of drug-likeness (QED) is 0.0292. The number of hydrogen-bond acceptors (Lipinski definition) is 16. The number of ether oxygens (including phenoxy) is 5. The number of piperidine rings is 2. The number of ketones is 3. The van der Waals surface area contributed by atoms with Crippen molar-refractivity contribution in [2.75, 3.05) is 46.6 Å². The maximum Gasteiger partial charge on any atom is 1.00 e. The molecule has 2 aromatic carbocycles.